The van der Waals surface area contributed by atoms with Crippen LogP contribution in [-0.4, -0.2) is 16.1 Å². The monoisotopic (exact) mass is 265 g/mol. The highest BCUT2D eigenvalue weighted by atomic mass is 19.2. The molecule has 2 aromatic rings. The topological polar surface area (TPSA) is 69.6 Å². The Morgan fingerprint density at radius 1 is 1.05 bits per heavy atom. The van der Waals surface area contributed by atoms with Gasteiger partial charge in [-0.15, -0.1) is 0 Å². The molecule has 3 N–H and O–H groups in total. The number of aromatic hydroxyl groups is 2. The number of phenols is 2. The molecule has 0 aromatic heterocycles. The molecule has 0 unspecified atom stereocenters. The largest absolute Gasteiger partial charge is 0.504 e. The number of hydrogen-bond acceptors (Lipinski definition) is 3. The molecular weight excluding hydrogens is 256 g/mol. The van der Waals surface area contributed by atoms with Crippen LogP contribution in [0.2, 0.25) is 0 Å². The second-order valence-corrected chi connectivity index (χ2v) is 3.76. The summed E-state index contributed by atoms with van der Waals surface area (Å²) in [5.74, 6) is -3.84. The van der Waals surface area contributed by atoms with E-state index in [1.807, 2.05) is 0 Å². The molecule has 6 heteroatoms. The van der Waals surface area contributed by atoms with Crippen molar-refractivity contribution in [2.24, 2.45) is 0 Å². The molecule has 98 valence electrons. The van der Waals surface area contributed by atoms with Crippen LogP contribution in [-0.2, 0) is 0 Å². The van der Waals surface area contributed by atoms with Crippen molar-refractivity contribution in [1.82, 2.24) is 0 Å². The quantitative estimate of drug-likeness (QED) is 0.731. The zero-order chi connectivity index (χ0) is 14.0. The fraction of sp³-hybridized carbons (Fsp3) is 0. The summed E-state index contributed by atoms with van der Waals surface area (Å²) < 4.78 is 26.3. The first kappa shape index (κ1) is 12.8. The first-order valence-corrected chi connectivity index (χ1v) is 5.26. The SMILES string of the molecule is O=C(Nc1cccc(F)c1F)c1ccc(O)c(O)c1. The summed E-state index contributed by atoms with van der Waals surface area (Å²) in [6.07, 6.45) is 0. The number of nitrogens with one attached hydrogen (secondary N) is 1. The lowest BCUT2D eigenvalue weighted by Gasteiger charge is -2.07. The van der Waals surface area contributed by atoms with Crippen LogP contribution in [0.15, 0.2) is 36.4 Å². The van der Waals surface area contributed by atoms with Crippen LogP contribution in [0.3, 0.4) is 0 Å². The van der Waals surface area contributed by atoms with Gasteiger partial charge >= 0.3 is 0 Å². The van der Waals surface area contributed by atoms with Crippen LogP contribution in [0.25, 0.3) is 0 Å². The minimum atomic E-state index is -1.17. The Labute approximate surface area is 106 Å². The van der Waals surface area contributed by atoms with E-state index in [1.54, 1.807) is 0 Å². The lowest BCUT2D eigenvalue weighted by atomic mass is 10.2. The Morgan fingerprint density at radius 2 is 1.79 bits per heavy atom. The van der Waals surface area contributed by atoms with Gasteiger partial charge in [-0.2, -0.15) is 0 Å². The van der Waals surface area contributed by atoms with E-state index >= 15 is 0 Å². The third kappa shape index (κ3) is 2.62. The third-order valence-electron chi connectivity index (χ3n) is 2.44. The molecule has 0 aliphatic rings. The van der Waals surface area contributed by atoms with Gasteiger partial charge in [0.1, 0.15) is 0 Å². The van der Waals surface area contributed by atoms with E-state index in [2.05, 4.69) is 5.32 Å². The molecule has 0 atom stereocenters. The highest BCUT2D eigenvalue weighted by Gasteiger charge is 2.13. The maximum atomic E-state index is 13.3. The molecule has 0 bridgehead atoms. The van der Waals surface area contributed by atoms with Crippen molar-refractivity contribution in [3.63, 3.8) is 0 Å². The average Bonchev–Trinajstić information content (AvgIpc) is 2.38. The number of halogens is 2. The number of carbonyl (C=O) groups is 1. The van der Waals surface area contributed by atoms with E-state index in [9.17, 15) is 18.7 Å². The Kier molecular flexibility index (Phi) is 3.33. The first-order valence-electron chi connectivity index (χ1n) is 5.26. The van der Waals surface area contributed by atoms with Gasteiger partial charge in [0.2, 0.25) is 0 Å². The zero-order valence-electron chi connectivity index (χ0n) is 9.52. The summed E-state index contributed by atoms with van der Waals surface area (Å²) in [6, 6.07) is 6.76. The summed E-state index contributed by atoms with van der Waals surface area (Å²) in [5.41, 5.74) is -0.309. The van der Waals surface area contributed by atoms with E-state index < -0.39 is 23.3 Å². The van der Waals surface area contributed by atoms with Crippen LogP contribution in [0.5, 0.6) is 11.5 Å². The second-order valence-electron chi connectivity index (χ2n) is 3.76. The molecule has 0 spiro atoms. The van der Waals surface area contributed by atoms with Crippen molar-refractivity contribution in [3.8, 4) is 11.5 Å². The van der Waals surface area contributed by atoms with Crippen molar-refractivity contribution in [1.29, 1.82) is 0 Å². The molecule has 19 heavy (non-hydrogen) atoms. The second kappa shape index (κ2) is 4.93. The number of carbonyl (C=O) groups excluding carboxylic acids is 1. The van der Waals surface area contributed by atoms with Gasteiger partial charge in [-0.3, -0.25) is 4.79 Å². The molecule has 0 aliphatic heterocycles. The van der Waals surface area contributed by atoms with Gasteiger partial charge in [0.15, 0.2) is 23.1 Å². The molecular formula is C13H9F2NO3. The van der Waals surface area contributed by atoms with Gasteiger partial charge in [-0.1, -0.05) is 6.07 Å². The maximum absolute atomic E-state index is 13.3. The summed E-state index contributed by atoms with van der Waals surface area (Å²) in [4.78, 5) is 11.7. The number of amides is 1. The Balaban J connectivity index is 2.26. The number of phenolic OH excluding ortho intramolecular Hbond substituents is 2. The smallest absolute Gasteiger partial charge is 0.255 e. The van der Waals surface area contributed by atoms with E-state index in [1.165, 1.54) is 18.2 Å². The minimum Gasteiger partial charge on any atom is -0.504 e. The van der Waals surface area contributed by atoms with E-state index in [-0.39, 0.29) is 17.0 Å². The molecule has 1 amide bonds. The van der Waals surface area contributed by atoms with Gasteiger partial charge in [0.25, 0.3) is 5.91 Å². The molecule has 2 rings (SSSR count). The minimum absolute atomic E-state index is 0.000962. The van der Waals surface area contributed by atoms with Crippen LogP contribution < -0.4 is 5.32 Å². The van der Waals surface area contributed by atoms with E-state index in [4.69, 9.17) is 5.11 Å². The number of anilines is 1. The standard InChI is InChI=1S/C13H9F2NO3/c14-8-2-1-3-9(12(8)15)16-13(19)7-4-5-10(17)11(18)6-7/h1-6,17-18H,(H,16,19). The fourth-order valence-corrected chi connectivity index (χ4v) is 1.46. The number of hydrogen-bond donors (Lipinski definition) is 3. The van der Waals surface area contributed by atoms with Gasteiger partial charge in [0.05, 0.1) is 5.69 Å². The van der Waals surface area contributed by atoms with Crippen molar-refractivity contribution in [2.75, 3.05) is 5.32 Å². The van der Waals surface area contributed by atoms with Crippen LogP contribution in [0.1, 0.15) is 10.4 Å². The van der Waals surface area contributed by atoms with Crippen molar-refractivity contribution in [3.05, 3.63) is 53.6 Å². The highest BCUT2D eigenvalue weighted by Crippen LogP contribution is 2.25. The summed E-state index contributed by atoms with van der Waals surface area (Å²) in [7, 11) is 0. The lowest BCUT2D eigenvalue weighted by molar-refractivity contribution is 0.102. The van der Waals surface area contributed by atoms with Crippen molar-refractivity contribution in [2.45, 2.75) is 0 Å². The molecule has 2 aromatic carbocycles. The first-order chi connectivity index (χ1) is 8.99. The predicted molar refractivity (Wildman–Crippen MR) is 64.1 cm³/mol. The number of benzene rings is 2. The Bertz CT molecular complexity index is 644. The molecule has 0 saturated carbocycles. The molecule has 0 aliphatic carbocycles. The van der Waals surface area contributed by atoms with Crippen LogP contribution >= 0.6 is 0 Å². The zero-order valence-corrected chi connectivity index (χ0v) is 9.52. The summed E-state index contributed by atoms with van der Waals surface area (Å²) in [5, 5.41) is 20.5. The summed E-state index contributed by atoms with van der Waals surface area (Å²) in [6.45, 7) is 0. The van der Waals surface area contributed by atoms with Crippen molar-refractivity contribution < 1.29 is 23.8 Å². The van der Waals surface area contributed by atoms with Crippen LogP contribution in [0.4, 0.5) is 14.5 Å². The molecule has 0 heterocycles. The van der Waals surface area contributed by atoms with E-state index in [0.29, 0.717) is 0 Å². The summed E-state index contributed by atoms with van der Waals surface area (Å²) >= 11 is 0. The van der Waals surface area contributed by atoms with Gasteiger partial charge < -0.3 is 15.5 Å². The fourth-order valence-electron chi connectivity index (χ4n) is 1.46. The number of rotatable bonds is 2. The van der Waals surface area contributed by atoms with Crippen LogP contribution in [0, 0.1) is 11.6 Å². The Morgan fingerprint density at radius 3 is 2.47 bits per heavy atom. The Hall–Kier alpha value is -2.63. The highest BCUT2D eigenvalue weighted by molar-refractivity contribution is 6.04. The molecule has 4 nitrogen and oxygen atoms in total. The molecule has 0 saturated heterocycles. The van der Waals surface area contributed by atoms with Gasteiger partial charge in [-0.25, -0.2) is 8.78 Å². The normalized spacial score (nSPS) is 10.2. The molecule has 0 radical (unpaired) electrons. The molecule has 0 fully saturated rings. The van der Waals surface area contributed by atoms with Crippen molar-refractivity contribution >= 4 is 11.6 Å². The van der Waals surface area contributed by atoms with Gasteiger partial charge in [-0.05, 0) is 30.3 Å². The third-order valence-corrected chi connectivity index (χ3v) is 2.44. The average molecular weight is 265 g/mol. The predicted octanol–water partition coefficient (Wildman–Crippen LogP) is 2.63. The lowest BCUT2D eigenvalue weighted by Crippen LogP contribution is -2.13. The van der Waals surface area contributed by atoms with E-state index in [0.717, 1.165) is 18.2 Å². The van der Waals surface area contributed by atoms with Gasteiger partial charge in [0, 0.05) is 5.56 Å². The maximum Gasteiger partial charge on any atom is 0.255 e.